The third-order valence-electron chi connectivity index (χ3n) is 3.25. The quantitative estimate of drug-likeness (QED) is 0.674. The summed E-state index contributed by atoms with van der Waals surface area (Å²) < 4.78 is 0. The van der Waals surface area contributed by atoms with Crippen LogP contribution in [0.1, 0.15) is 23.6 Å². The fourth-order valence-corrected chi connectivity index (χ4v) is 2.56. The lowest BCUT2D eigenvalue weighted by molar-refractivity contribution is 0.528. The summed E-state index contributed by atoms with van der Waals surface area (Å²) in [5.41, 5.74) is 2.76. The Hall–Kier alpha value is -1.15. The van der Waals surface area contributed by atoms with Crippen LogP contribution < -0.4 is 5.32 Å². The van der Waals surface area contributed by atoms with Gasteiger partial charge in [-0.05, 0) is 24.5 Å². The highest BCUT2D eigenvalue weighted by atomic mass is 14.9. The van der Waals surface area contributed by atoms with E-state index in [1.165, 1.54) is 24.1 Å². The molecule has 2 atom stereocenters. The van der Waals surface area contributed by atoms with Gasteiger partial charge in [0, 0.05) is 30.4 Å². The van der Waals surface area contributed by atoms with E-state index in [0.29, 0.717) is 12.0 Å². The molecule has 1 aliphatic carbocycles. The Bertz CT molecular complexity index is 370. The van der Waals surface area contributed by atoms with Crippen LogP contribution in [-0.2, 0) is 6.42 Å². The highest BCUT2D eigenvalue weighted by Crippen LogP contribution is 2.34. The van der Waals surface area contributed by atoms with Crippen molar-refractivity contribution in [3.8, 4) is 0 Å². The van der Waals surface area contributed by atoms with E-state index in [1.807, 2.05) is 12.3 Å². The first-order valence-electron chi connectivity index (χ1n) is 5.29. The third-order valence-corrected chi connectivity index (χ3v) is 3.25. The van der Waals surface area contributed by atoms with Crippen molar-refractivity contribution in [3.63, 3.8) is 0 Å². The van der Waals surface area contributed by atoms with Gasteiger partial charge in [-0.2, -0.15) is 0 Å². The SMILES string of the molecule is C1=CC(C2CCc3cccnc32)NC1. The van der Waals surface area contributed by atoms with Gasteiger partial charge >= 0.3 is 0 Å². The molecule has 3 rings (SSSR count). The van der Waals surface area contributed by atoms with Gasteiger partial charge in [0.25, 0.3) is 0 Å². The molecule has 0 spiro atoms. The van der Waals surface area contributed by atoms with Crippen LogP contribution in [-0.4, -0.2) is 17.6 Å². The lowest BCUT2D eigenvalue weighted by Crippen LogP contribution is -2.28. The average Bonchev–Trinajstić information content (AvgIpc) is 2.85. The summed E-state index contributed by atoms with van der Waals surface area (Å²) >= 11 is 0. The van der Waals surface area contributed by atoms with Crippen molar-refractivity contribution in [2.24, 2.45) is 0 Å². The summed E-state index contributed by atoms with van der Waals surface area (Å²) in [6.07, 6.45) is 8.85. The van der Waals surface area contributed by atoms with E-state index in [0.717, 1.165) is 6.54 Å². The molecule has 2 heterocycles. The fourth-order valence-electron chi connectivity index (χ4n) is 2.56. The van der Waals surface area contributed by atoms with E-state index in [2.05, 4.69) is 28.5 Å². The van der Waals surface area contributed by atoms with E-state index in [9.17, 15) is 0 Å². The Kier molecular flexibility index (Phi) is 1.88. The predicted octanol–water partition coefficient (Wildman–Crippen LogP) is 1.64. The molecule has 72 valence electrons. The molecule has 1 N–H and O–H groups in total. The minimum atomic E-state index is 0.520. The highest BCUT2D eigenvalue weighted by molar-refractivity contribution is 5.32. The molecule has 0 amide bonds. The van der Waals surface area contributed by atoms with Gasteiger partial charge in [-0.1, -0.05) is 18.2 Å². The van der Waals surface area contributed by atoms with Crippen molar-refractivity contribution in [1.82, 2.24) is 10.3 Å². The molecule has 0 aromatic carbocycles. The molecule has 2 aliphatic rings. The van der Waals surface area contributed by atoms with Crippen LogP contribution in [0.15, 0.2) is 30.5 Å². The summed E-state index contributed by atoms with van der Waals surface area (Å²) in [5.74, 6) is 0.602. The zero-order valence-electron chi connectivity index (χ0n) is 8.11. The Labute approximate surface area is 84.1 Å². The Balaban J connectivity index is 1.93. The van der Waals surface area contributed by atoms with Crippen LogP contribution in [0.25, 0.3) is 0 Å². The number of fused-ring (bicyclic) bond motifs is 1. The maximum absolute atomic E-state index is 4.51. The summed E-state index contributed by atoms with van der Waals surface area (Å²) in [6, 6.07) is 4.77. The maximum Gasteiger partial charge on any atom is 0.0485 e. The van der Waals surface area contributed by atoms with Gasteiger partial charge in [0.2, 0.25) is 0 Å². The summed E-state index contributed by atoms with van der Waals surface area (Å²) in [5, 5.41) is 3.49. The van der Waals surface area contributed by atoms with Crippen LogP contribution in [0.3, 0.4) is 0 Å². The summed E-state index contributed by atoms with van der Waals surface area (Å²) in [4.78, 5) is 4.51. The van der Waals surface area contributed by atoms with Crippen molar-refractivity contribution < 1.29 is 0 Å². The number of pyridine rings is 1. The van der Waals surface area contributed by atoms with E-state index >= 15 is 0 Å². The Morgan fingerprint density at radius 2 is 2.43 bits per heavy atom. The van der Waals surface area contributed by atoms with Gasteiger partial charge in [-0.3, -0.25) is 4.98 Å². The summed E-state index contributed by atoms with van der Waals surface area (Å²) in [6.45, 7) is 1.02. The number of nitrogens with one attached hydrogen (secondary N) is 1. The van der Waals surface area contributed by atoms with Gasteiger partial charge in [0.05, 0.1) is 0 Å². The molecule has 1 aromatic heterocycles. The van der Waals surface area contributed by atoms with Gasteiger partial charge in [0.1, 0.15) is 0 Å². The smallest absolute Gasteiger partial charge is 0.0485 e. The summed E-state index contributed by atoms with van der Waals surface area (Å²) in [7, 11) is 0. The first kappa shape index (κ1) is 8.18. The minimum Gasteiger partial charge on any atom is -0.306 e. The second-order valence-corrected chi connectivity index (χ2v) is 4.06. The van der Waals surface area contributed by atoms with Gasteiger partial charge in [-0.25, -0.2) is 0 Å². The topological polar surface area (TPSA) is 24.9 Å². The molecule has 1 aliphatic heterocycles. The largest absolute Gasteiger partial charge is 0.306 e. The van der Waals surface area contributed by atoms with Gasteiger partial charge in [-0.15, -0.1) is 0 Å². The van der Waals surface area contributed by atoms with E-state index in [1.54, 1.807) is 0 Å². The van der Waals surface area contributed by atoms with Crippen LogP contribution in [0, 0.1) is 0 Å². The molecule has 0 radical (unpaired) electrons. The molecule has 1 aromatic rings. The van der Waals surface area contributed by atoms with Crippen LogP contribution in [0.2, 0.25) is 0 Å². The lowest BCUT2D eigenvalue weighted by atomic mass is 9.98. The molecule has 14 heavy (non-hydrogen) atoms. The fraction of sp³-hybridized carbons (Fsp3) is 0.417. The van der Waals surface area contributed by atoms with Crippen LogP contribution in [0.4, 0.5) is 0 Å². The predicted molar refractivity (Wildman–Crippen MR) is 56.2 cm³/mol. The van der Waals surface area contributed by atoms with Crippen molar-refractivity contribution in [1.29, 1.82) is 0 Å². The van der Waals surface area contributed by atoms with Gasteiger partial charge in [0.15, 0.2) is 0 Å². The highest BCUT2D eigenvalue weighted by Gasteiger charge is 2.30. The molecule has 2 nitrogen and oxygen atoms in total. The third kappa shape index (κ3) is 1.18. The van der Waals surface area contributed by atoms with Crippen LogP contribution in [0.5, 0.6) is 0 Å². The Morgan fingerprint density at radius 3 is 3.29 bits per heavy atom. The molecule has 0 fully saturated rings. The molecule has 0 saturated heterocycles. The molecule has 2 heteroatoms. The first-order valence-corrected chi connectivity index (χ1v) is 5.29. The zero-order valence-corrected chi connectivity index (χ0v) is 8.11. The van der Waals surface area contributed by atoms with E-state index in [-0.39, 0.29) is 0 Å². The van der Waals surface area contributed by atoms with E-state index in [4.69, 9.17) is 0 Å². The maximum atomic E-state index is 4.51. The van der Waals surface area contributed by atoms with Crippen molar-refractivity contribution in [2.45, 2.75) is 24.8 Å². The van der Waals surface area contributed by atoms with Gasteiger partial charge < -0.3 is 5.32 Å². The molecular formula is C12H14N2. The molecular weight excluding hydrogens is 172 g/mol. The zero-order chi connectivity index (χ0) is 9.38. The average molecular weight is 186 g/mol. The Morgan fingerprint density at radius 1 is 1.43 bits per heavy atom. The second kappa shape index (κ2) is 3.21. The van der Waals surface area contributed by atoms with Crippen molar-refractivity contribution in [3.05, 3.63) is 41.7 Å². The van der Waals surface area contributed by atoms with Crippen molar-refractivity contribution in [2.75, 3.05) is 6.54 Å². The molecule has 0 bridgehead atoms. The van der Waals surface area contributed by atoms with E-state index < -0.39 is 0 Å². The minimum absolute atomic E-state index is 0.520. The molecule has 0 saturated carbocycles. The number of nitrogens with zero attached hydrogens (tertiary/aromatic N) is 1. The molecule has 2 unspecified atom stereocenters. The van der Waals surface area contributed by atoms with Crippen molar-refractivity contribution >= 4 is 0 Å². The monoisotopic (exact) mass is 186 g/mol. The number of hydrogen-bond acceptors (Lipinski definition) is 2. The first-order chi connectivity index (χ1) is 6.95. The second-order valence-electron chi connectivity index (χ2n) is 4.06. The number of aryl methyl sites for hydroxylation is 1. The van der Waals surface area contributed by atoms with Crippen LogP contribution >= 0.6 is 0 Å². The lowest BCUT2D eigenvalue weighted by Gasteiger charge is -2.17. The number of hydrogen-bond donors (Lipinski definition) is 1. The standard InChI is InChI=1S/C12H14N2/c1-3-9-5-6-10(12(9)14-8-1)11-4-2-7-13-11/h1-4,8,10-11,13H,5-7H2. The number of aromatic nitrogens is 1. The normalized spacial score (nSPS) is 29.4. The number of rotatable bonds is 1.